The summed E-state index contributed by atoms with van der Waals surface area (Å²) < 4.78 is 2.87. The van der Waals surface area contributed by atoms with Gasteiger partial charge in [-0.2, -0.15) is 5.10 Å². The maximum Gasteiger partial charge on any atom is 0.272 e. The zero-order valence-electron chi connectivity index (χ0n) is 19.1. The summed E-state index contributed by atoms with van der Waals surface area (Å²) in [4.78, 5) is 14.5. The Morgan fingerprint density at radius 1 is 1.28 bits per heavy atom. The summed E-state index contributed by atoms with van der Waals surface area (Å²) in [5.74, 6) is 2.90. The molecule has 6 rings (SSSR count). The number of aryl methyl sites for hydroxylation is 2. The van der Waals surface area contributed by atoms with Crippen molar-refractivity contribution >= 4 is 40.4 Å². The van der Waals surface area contributed by atoms with Crippen molar-refractivity contribution in [2.45, 2.75) is 71.8 Å². The molecule has 2 bridgehead atoms. The summed E-state index contributed by atoms with van der Waals surface area (Å²) in [6.45, 7) is 6.40. The van der Waals surface area contributed by atoms with Gasteiger partial charge in [-0.3, -0.25) is 9.48 Å². The second-order valence-corrected chi connectivity index (χ2v) is 12.5. The summed E-state index contributed by atoms with van der Waals surface area (Å²) in [5.41, 5.74) is 4.55. The Hall–Kier alpha value is -1.04. The number of rotatable bonds is 8. The van der Waals surface area contributed by atoms with Crippen LogP contribution in [0.5, 0.6) is 0 Å². The van der Waals surface area contributed by atoms with Gasteiger partial charge in [-0.25, -0.2) is 0 Å². The molecule has 1 N–H and O–H groups in total. The van der Waals surface area contributed by atoms with E-state index in [-0.39, 0.29) is 5.91 Å². The van der Waals surface area contributed by atoms with Gasteiger partial charge in [0.15, 0.2) is 5.69 Å². The summed E-state index contributed by atoms with van der Waals surface area (Å²) in [5, 5.41) is 8.13. The highest BCUT2D eigenvalue weighted by molar-refractivity contribution is 7.19. The average Bonchev–Trinajstić information content (AvgIpc) is 3.34. The Balaban J connectivity index is 1.35. The zero-order valence-corrected chi connectivity index (χ0v) is 21.4. The molecule has 1 amide bonds. The lowest BCUT2D eigenvalue weighted by molar-refractivity contribution is -0.103. The first-order valence-electron chi connectivity index (χ1n) is 12.1. The second-order valence-electron chi connectivity index (χ2n) is 10.5. The van der Waals surface area contributed by atoms with E-state index in [4.69, 9.17) is 28.3 Å². The highest BCUT2D eigenvalue weighted by Crippen LogP contribution is 2.61. The molecule has 3 atom stereocenters. The summed E-state index contributed by atoms with van der Waals surface area (Å²) in [6.07, 6.45) is 8.73. The molecule has 7 heteroatoms. The molecule has 32 heavy (non-hydrogen) atoms. The monoisotopic (exact) mass is 493 g/mol. The molecule has 4 aliphatic carbocycles. The van der Waals surface area contributed by atoms with Gasteiger partial charge in [-0.1, -0.05) is 31.9 Å². The van der Waals surface area contributed by atoms with Crippen LogP contribution in [0.1, 0.15) is 74.0 Å². The van der Waals surface area contributed by atoms with Crippen LogP contribution in [0.4, 0.5) is 0 Å². The lowest BCUT2D eigenvalue weighted by Crippen LogP contribution is -2.54. The van der Waals surface area contributed by atoms with Crippen molar-refractivity contribution in [2.75, 3.05) is 12.4 Å². The van der Waals surface area contributed by atoms with E-state index >= 15 is 0 Å². The SMILES string of the molecule is CC1(C)C2CCC(CNC(=O)c3nn(CCCCCCl)c4c3CCc3cc(Cl)sc3-4)C1C2. The van der Waals surface area contributed by atoms with E-state index < -0.39 is 0 Å². The van der Waals surface area contributed by atoms with Crippen molar-refractivity contribution in [3.05, 3.63) is 27.2 Å². The number of fused-ring (bicyclic) bond motifs is 5. The van der Waals surface area contributed by atoms with Crippen molar-refractivity contribution in [2.24, 2.45) is 23.2 Å². The molecule has 3 saturated carbocycles. The first-order chi connectivity index (χ1) is 15.4. The minimum Gasteiger partial charge on any atom is -0.350 e. The van der Waals surface area contributed by atoms with Gasteiger partial charge in [-0.05, 0) is 79.7 Å². The maximum absolute atomic E-state index is 13.3. The highest BCUT2D eigenvalue weighted by atomic mass is 35.5. The van der Waals surface area contributed by atoms with E-state index in [2.05, 4.69) is 29.9 Å². The number of nitrogens with zero attached hydrogens (tertiary/aromatic N) is 2. The molecular weight excluding hydrogens is 461 g/mol. The predicted octanol–water partition coefficient (Wildman–Crippen LogP) is 6.57. The molecule has 4 aliphatic rings. The molecule has 0 aliphatic heterocycles. The molecule has 0 saturated heterocycles. The Labute approximate surface area is 205 Å². The van der Waals surface area contributed by atoms with Crippen LogP contribution in [0.2, 0.25) is 4.34 Å². The number of alkyl halides is 1. The van der Waals surface area contributed by atoms with E-state index in [9.17, 15) is 4.79 Å². The van der Waals surface area contributed by atoms with Crippen molar-refractivity contribution < 1.29 is 4.79 Å². The first kappa shape index (κ1) is 22.7. The van der Waals surface area contributed by atoms with E-state index in [1.165, 1.54) is 29.7 Å². The van der Waals surface area contributed by atoms with Crippen molar-refractivity contribution in [3.8, 4) is 10.6 Å². The number of hydrogen-bond acceptors (Lipinski definition) is 3. The summed E-state index contributed by atoms with van der Waals surface area (Å²) in [6, 6.07) is 2.08. The number of thiophene rings is 1. The van der Waals surface area contributed by atoms with E-state index in [0.29, 0.717) is 22.9 Å². The highest BCUT2D eigenvalue weighted by Gasteiger charge is 2.54. The number of amides is 1. The Kier molecular flexibility index (Phi) is 6.37. The average molecular weight is 495 g/mol. The fourth-order valence-electron chi connectivity index (χ4n) is 6.42. The van der Waals surface area contributed by atoms with Crippen LogP contribution in [0.3, 0.4) is 0 Å². The van der Waals surface area contributed by atoms with Gasteiger partial charge < -0.3 is 5.32 Å². The molecule has 0 radical (unpaired) electrons. The van der Waals surface area contributed by atoms with Crippen LogP contribution in [-0.4, -0.2) is 28.1 Å². The smallest absolute Gasteiger partial charge is 0.272 e. The zero-order chi connectivity index (χ0) is 22.5. The third-order valence-corrected chi connectivity index (χ3v) is 10.0. The van der Waals surface area contributed by atoms with E-state index in [1.54, 1.807) is 11.3 Å². The summed E-state index contributed by atoms with van der Waals surface area (Å²) >= 11 is 13.8. The molecule has 2 aromatic heterocycles. The maximum atomic E-state index is 13.3. The van der Waals surface area contributed by atoms with Crippen molar-refractivity contribution in [1.82, 2.24) is 15.1 Å². The largest absolute Gasteiger partial charge is 0.350 e. The van der Waals surface area contributed by atoms with Gasteiger partial charge in [0.05, 0.1) is 14.9 Å². The molecule has 2 aromatic rings. The number of unbranched alkanes of at least 4 members (excludes halogenated alkanes) is 2. The molecule has 3 fully saturated rings. The third kappa shape index (κ3) is 3.92. The number of hydrogen-bond donors (Lipinski definition) is 1. The van der Waals surface area contributed by atoms with Crippen LogP contribution < -0.4 is 5.32 Å². The Morgan fingerprint density at radius 3 is 2.88 bits per heavy atom. The van der Waals surface area contributed by atoms with Crippen LogP contribution in [0, 0.1) is 23.2 Å². The van der Waals surface area contributed by atoms with Crippen LogP contribution in [0.25, 0.3) is 10.6 Å². The molecular formula is C25H33Cl2N3OS. The van der Waals surface area contributed by atoms with Gasteiger partial charge in [0.25, 0.3) is 5.91 Å². The standard InChI is InChI=1S/C25H33Cl2N3OS/c1-25(2)17-8-6-16(19(25)13-17)14-28-24(31)21-18-9-7-15-12-20(27)32-23(15)22(18)30(29-21)11-5-3-4-10-26/h12,16-17,19H,3-11,13-14H2,1-2H3,(H,28,31). The number of halogens is 2. The van der Waals surface area contributed by atoms with Gasteiger partial charge in [0.1, 0.15) is 0 Å². The predicted molar refractivity (Wildman–Crippen MR) is 133 cm³/mol. The minimum atomic E-state index is -0.00823. The molecule has 0 spiro atoms. The molecule has 4 nitrogen and oxygen atoms in total. The second kappa shape index (κ2) is 8.96. The van der Waals surface area contributed by atoms with E-state index in [1.807, 2.05) is 0 Å². The van der Waals surface area contributed by atoms with E-state index in [0.717, 1.165) is 72.6 Å². The first-order valence-corrected chi connectivity index (χ1v) is 13.9. The normalized spacial score (nSPS) is 25.1. The Bertz CT molecular complexity index is 1010. The van der Waals surface area contributed by atoms with Gasteiger partial charge in [0.2, 0.25) is 0 Å². The number of nitrogens with one attached hydrogen (secondary N) is 1. The lowest BCUT2D eigenvalue weighted by Gasteiger charge is -2.60. The van der Waals surface area contributed by atoms with Gasteiger partial charge in [-0.15, -0.1) is 22.9 Å². The van der Waals surface area contributed by atoms with Gasteiger partial charge in [0, 0.05) is 24.5 Å². The van der Waals surface area contributed by atoms with Crippen LogP contribution in [0.15, 0.2) is 6.07 Å². The molecule has 2 heterocycles. The number of aromatic nitrogens is 2. The van der Waals surface area contributed by atoms with Gasteiger partial charge >= 0.3 is 0 Å². The third-order valence-electron chi connectivity index (χ3n) is 8.43. The van der Waals surface area contributed by atoms with Crippen molar-refractivity contribution in [1.29, 1.82) is 0 Å². The quantitative estimate of drug-likeness (QED) is 0.333. The molecule has 0 aromatic carbocycles. The molecule has 3 unspecified atom stereocenters. The Morgan fingerprint density at radius 2 is 2.12 bits per heavy atom. The molecule has 174 valence electrons. The number of carbonyl (C=O) groups excluding carboxylic acids is 1. The lowest BCUT2D eigenvalue weighted by atomic mass is 9.45. The number of carbonyl (C=O) groups is 1. The van der Waals surface area contributed by atoms with Crippen LogP contribution in [-0.2, 0) is 19.4 Å². The van der Waals surface area contributed by atoms with Crippen molar-refractivity contribution in [3.63, 3.8) is 0 Å². The topological polar surface area (TPSA) is 46.9 Å². The minimum absolute atomic E-state index is 0.00823. The fraction of sp³-hybridized carbons (Fsp3) is 0.680. The fourth-order valence-corrected chi connectivity index (χ4v) is 7.99. The van der Waals surface area contributed by atoms with Crippen LogP contribution >= 0.6 is 34.5 Å². The summed E-state index contributed by atoms with van der Waals surface area (Å²) in [7, 11) is 0.